The van der Waals surface area contributed by atoms with Gasteiger partial charge in [0.1, 0.15) is 0 Å². The van der Waals surface area contributed by atoms with Crippen molar-refractivity contribution in [2.75, 3.05) is 11.8 Å². The van der Waals surface area contributed by atoms with Crippen LogP contribution < -0.4 is 10.0 Å². The van der Waals surface area contributed by atoms with E-state index in [0.717, 1.165) is 5.56 Å². The summed E-state index contributed by atoms with van der Waals surface area (Å²) in [5, 5.41) is 3.10. The molecule has 1 aromatic heterocycles. The van der Waals surface area contributed by atoms with Gasteiger partial charge in [0, 0.05) is 19.3 Å². The van der Waals surface area contributed by atoms with E-state index in [2.05, 4.69) is 15.0 Å². The Morgan fingerprint density at radius 2 is 2.00 bits per heavy atom. The summed E-state index contributed by atoms with van der Waals surface area (Å²) in [6.45, 7) is 1.97. The first-order valence-corrected chi connectivity index (χ1v) is 7.69. The van der Waals surface area contributed by atoms with E-state index < -0.39 is 10.0 Å². The van der Waals surface area contributed by atoms with Gasteiger partial charge in [-0.3, -0.25) is 4.72 Å². The minimum Gasteiger partial charge on any atom is -0.339 e. The Kier molecular flexibility index (Phi) is 4.10. The van der Waals surface area contributed by atoms with Gasteiger partial charge in [-0.15, -0.1) is 0 Å². The number of aromatic nitrogens is 2. The third-order valence-corrected chi connectivity index (χ3v) is 4.31. The summed E-state index contributed by atoms with van der Waals surface area (Å²) >= 11 is 0. The van der Waals surface area contributed by atoms with Gasteiger partial charge in [0.05, 0.1) is 12.0 Å². The van der Waals surface area contributed by atoms with Crippen LogP contribution in [-0.4, -0.2) is 25.0 Å². The number of benzene rings is 1. The second kappa shape index (κ2) is 5.64. The summed E-state index contributed by atoms with van der Waals surface area (Å²) < 4.78 is 28.7. The van der Waals surface area contributed by atoms with Crippen LogP contribution in [0.25, 0.3) is 0 Å². The van der Waals surface area contributed by atoms with Gasteiger partial charge in [-0.25, -0.2) is 4.98 Å². The molecule has 7 heteroatoms. The van der Waals surface area contributed by atoms with Crippen molar-refractivity contribution < 1.29 is 8.42 Å². The topological polar surface area (TPSA) is 76.0 Å². The Morgan fingerprint density at radius 3 is 2.60 bits per heavy atom. The van der Waals surface area contributed by atoms with Crippen molar-refractivity contribution in [1.82, 2.24) is 14.9 Å². The van der Waals surface area contributed by atoms with Crippen LogP contribution in [0.4, 0.5) is 5.69 Å². The smallest absolute Gasteiger partial charge is 0.280 e. The molecule has 6 nitrogen and oxygen atoms in total. The Hall–Kier alpha value is -1.86. The zero-order valence-electron chi connectivity index (χ0n) is 11.7. The average Bonchev–Trinajstić information content (AvgIpc) is 2.86. The van der Waals surface area contributed by atoms with Crippen LogP contribution in [0.15, 0.2) is 41.8 Å². The molecular weight excluding hydrogens is 276 g/mol. The summed E-state index contributed by atoms with van der Waals surface area (Å²) in [5.41, 5.74) is 1.44. The lowest BCUT2D eigenvalue weighted by Crippen LogP contribution is -2.18. The van der Waals surface area contributed by atoms with Crippen LogP contribution in [0.2, 0.25) is 0 Å². The molecule has 0 bridgehead atoms. The van der Waals surface area contributed by atoms with Crippen molar-refractivity contribution in [2.24, 2.45) is 7.05 Å². The molecule has 0 fully saturated rings. The van der Waals surface area contributed by atoms with Gasteiger partial charge in [0.15, 0.2) is 5.03 Å². The average molecular weight is 294 g/mol. The lowest BCUT2D eigenvalue weighted by Gasteiger charge is -2.16. The van der Waals surface area contributed by atoms with Gasteiger partial charge in [0.2, 0.25) is 0 Å². The van der Waals surface area contributed by atoms with Crippen LogP contribution in [0.5, 0.6) is 0 Å². The minimum atomic E-state index is -3.67. The number of hydrogen-bond acceptors (Lipinski definition) is 4. The highest BCUT2D eigenvalue weighted by Crippen LogP contribution is 2.24. The van der Waals surface area contributed by atoms with E-state index in [1.807, 2.05) is 26.1 Å². The molecule has 0 aliphatic rings. The molecule has 0 radical (unpaired) electrons. The summed E-state index contributed by atoms with van der Waals surface area (Å²) in [4.78, 5) is 3.88. The van der Waals surface area contributed by atoms with Crippen LogP contribution in [0.3, 0.4) is 0 Å². The molecule has 0 saturated carbocycles. The number of imidazole rings is 1. The molecule has 1 unspecified atom stereocenters. The summed E-state index contributed by atoms with van der Waals surface area (Å²) in [7, 11) is -0.113. The lowest BCUT2D eigenvalue weighted by atomic mass is 10.1. The number of nitrogens with one attached hydrogen (secondary N) is 2. The maximum atomic E-state index is 12.3. The largest absolute Gasteiger partial charge is 0.339 e. The fourth-order valence-corrected chi connectivity index (χ4v) is 2.92. The number of rotatable bonds is 5. The predicted octanol–water partition coefficient (Wildman–Crippen LogP) is 1.50. The second-order valence-electron chi connectivity index (χ2n) is 4.58. The van der Waals surface area contributed by atoms with E-state index in [-0.39, 0.29) is 11.1 Å². The fourth-order valence-electron chi connectivity index (χ4n) is 1.85. The molecule has 0 saturated heterocycles. The fraction of sp³-hybridized carbons (Fsp3) is 0.308. The normalized spacial score (nSPS) is 13.2. The van der Waals surface area contributed by atoms with E-state index in [4.69, 9.17) is 0 Å². The van der Waals surface area contributed by atoms with Gasteiger partial charge >= 0.3 is 0 Å². The van der Waals surface area contributed by atoms with E-state index in [1.54, 1.807) is 23.7 Å². The quantitative estimate of drug-likeness (QED) is 0.876. The van der Waals surface area contributed by atoms with Gasteiger partial charge < -0.3 is 9.88 Å². The second-order valence-corrected chi connectivity index (χ2v) is 6.21. The third kappa shape index (κ3) is 3.00. The molecule has 0 aliphatic heterocycles. The number of para-hydroxylation sites is 1. The maximum absolute atomic E-state index is 12.3. The highest BCUT2D eigenvalue weighted by Gasteiger charge is 2.19. The summed E-state index contributed by atoms with van der Waals surface area (Å²) in [6.07, 6.45) is 2.92. The Labute approximate surface area is 118 Å². The molecule has 1 aromatic carbocycles. The number of sulfonamides is 1. The first-order chi connectivity index (χ1) is 9.44. The monoisotopic (exact) mass is 294 g/mol. The molecular formula is C13H18N4O2S. The van der Waals surface area contributed by atoms with Gasteiger partial charge in [0.25, 0.3) is 10.0 Å². The molecule has 20 heavy (non-hydrogen) atoms. The van der Waals surface area contributed by atoms with Crippen LogP contribution in [0.1, 0.15) is 18.5 Å². The van der Waals surface area contributed by atoms with E-state index in [1.165, 1.54) is 12.5 Å². The molecule has 108 valence electrons. The first-order valence-electron chi connectivity index (χ1n) is 6.21. The number of anilines is 1. The van der Waals surface area contributed by atoms with Crippen molar-refractivity contribution in [3.63, 3.8) is 0 Å². The highest BCUT2D eigenvalue weighted by atomic mass is 32.2. The molecule has 2 rings (SSSR count). The lowest BCUT2D eigenvalue weighted by molar-refractivity contribution is 0.597. The molecule has 1 atom stereocenters. The van der Waals surface area contributed by atoms with E-state index in [9.17, 15) is 8.42 Å². The van der Waals surface area contributed by atoms with Crippen molar-refractivity contribution in [1.29, 1.82) is 0 Å². The van der Waals surface area contributed by atoms with Crippen LogP contribution in [0, 0.1) is 0 Å². The molecule has 2 N–H and O–H groups in total. The standard InChI is InChI=1S/C13H18N4O2S/c1-10(14-2)11-6-4-5-7-12(11)16-20(18,19)13-8-17(3)9-15-13/h4-10,14,16H,1-3H3. The molecule has 0 aliphatic carbocycles. The SMILES string of the molecule is CNC(C)c1ccccc1NS(=O)(=O)c1cn(C)cn1. The number of nitrogens with zero attached hydrogens (tertiary/aromatic N) is 2. The summed E-state index contributed by atoms with van der Waals surface area (Å²) in [6, 6.07) is 7.34. The molecule has 0 amide bonds. The van der Waals surface area contributed by atoms with Crippen molar-refractivity contribution >= 4 is 15.7 Å². The Morgan fingerprint density at radius 1 is 1.30 bits per heavy atom. The van der Waals surface area contributed by atoms with Crippen LogP contribution >= 0.6 is 0 Å². The molecule has 0 spiro atoms. The predicted molar refractivity (Wildman–Crippen MR) is 77.9 cm³/mol. The number of hydrogen-bond donors (Lipinski definition) is 2. The van der Waals surface area contributed by atoms with Gasteiger partial charge in [-0.1, -0.05) is 18.2 Å². The number of aryl methyl sites for hydroxylation is 1. The Bertz CT molecular complexity index is 694. The third-order valence-electron chi connectivity index (χ3n) is 3.06. The zero-order valence-corrected chi connectivity index (χ0v) is 12.5. The minimum absolute atomic E-state index is 0.00640. The van der Waals surface area contributed by atoms with Gasteiger partial charge in [-0.05, 0) is 25.6 Å². The highest BCUT2D eigenvalue weighted by molar-refractivity contribution is 7.92. The maximum Gasteiger partial charge on any atom is 0.280 e. The van der Waals surface area contributed by atoms with E-state index >= 15 is 0 Å². The Balaban J connectivity index is 2.35. The van der Waals surface area contributed by atoms with Crippen LogP contribution in [-0.2, 0) is 17.1 Å². The summed E-state index contributed by atoms with van der Waals surface area (Å²) in [5.74, 6) is 0. The van der Waals surface area contributed by atoms with Gasteiger partial charge in [-0.2, -0.15) is 8.42 Å². The molecule has 1 heterocycles. The van der Waals surface area contributed by atoms with Crippen molar-refractivity contribution in [3.8, 4) is 0 Å². The first kappa shape index (κ1) is 14.5. The zero-order chi connectivity index (χ0) is 14.8. The van der Waals surface area contributed by atoms with E-state index in [0.29, 0.717) is 5.69 Å². The van der Waals surface area contributed by atoms with Crippen molar-refractivity contribution in [2.45, 2.75) is 18.0 Å². The van der Waals surface area contributed by atoms with Crippen molar-refractivity contribution in [3.05, 3.63) is 42.4 Å². The molecule has 2 aromatic rings.